The lowest BCUT2D eigenvalue weighted by Gasteiger charge is -1.99. The van der Waals surface area contributed by atoms with Gasteiger partial charge in [0, 0.05) is 0 Å². The second-order valence-corrected chi connectivity index (χ2v) is 1.82. The van der Waals surface area contributed by atoms with Crippen LogP contribution in [0.4, 0.5) is 0 Å². The summed E-state index contributed by atoms with van der Waals surface area (Å²) in [6.07, 6.45) is -0.192. The van der Waals surface area contributed by atoms with Crippen molar-refractivity contribution < 1.29 is 9.63 Å². The number of rotatable bonds is 0. The van der Waals surface area contributed by atoms with Gasteiger partial charge < -0.3 is 5.73 Å². The molecule has 0 aromatic rings. The lowest BCUT2D eigenvalue weighted by molar-refractivity contribution is -0.124. The van der Waals surface area contributed by atoms with Gasteiger partial charge in [-0.2, -0.15) is 0 Å². The molecule has 0 radical (unpaired) electrons. The Bertz CT molecular complexity index is 115. The summed E-state index contributed by atoms with van der Waals surface area (Å²) >= 11 is 0. The van der Waals surface area contributed by atoms with Gasteiger partial charge in [-0.15, -0.1) is 0 Å². The maximum atomic E-state index is 10.4. The summed E-state index contributed by atoms with van der Waals surface area (Å²) in [7, 11) is 0. The third-order valence-electron chi connectivity index (χ3n) is 1.15. The summed E-state index contributed by atoms with van der Waals surface area (Å²) in [5.41, 5.74) is 7.44. The van der Waals surface area contributed by atoms with Crippen LogP contribution in [0.5, 0.6) is 0 Å². The third-order valence-corrected chi connectivity index (χ3v) is 1.15. The monoisotopic (exact) mass is 116 g/mol. The summed E-state index contributed by atoms with van der Waals surface area (Å²) in [5, 5.41) is 0. The van der Waals surface area contributed by atoms with Gasteiger partial charge in [0.2, 0.25) is 0 Å². The predicted molar refractivity (Wildman–Crippen MR) is 26.7 cm³/mol. The number of nitrogens with one attached hydrogen (secondary N) is 1. The van der Waals surface area contributed by atoms with E-state index in [1.807, 2.05) is 0 Å². The van der Waals surface area contributed by atoms with Crippen LogP contribution in [0, 0.1) is 0 Å². The number of hydrogen-bond acceptors (Lipinski definition) is 3. The van der Waals surface area contributed by atoms with Crippen LogP contribution < -0.4 is 11.2 Å². The molecule has 1 rings (SSSR count). The minimum Gasteiger partial charge on any atom is -0.318 e. The summed E-state index contributed by atoms with van der Waals surface area (Å²) in [5.74, 6) is -0.238. The molecule has 4 nitrogen and oxygen atoms in total. The van der Waals surface area contributed by atoms with Crippen molar-refractivity contribution in [1.29, 1.82) is 0 Å². The maximum absolute atomic E-state index is 10.4. The van der Waals surface area contributed by atoms with Gasteiger partial charge in [0.05, 0.1) is 0 Å². The minimum absolute atomic E-state index is 0.192. The molecule has 0 aromatic carbocycles. The molecule has 1 amide bonds. The van der Waals surface area contributed by atoms with Crippen LogP contribution in [0.1, 0.15) is 6.92 Å². The quantitative estimate of drug-likeness (QED) is 0.416. The Morgan fingerprint density at radius 2 is 2.50 bits per heavy atom. The first-order valence-electron chi connectivity index (χ1n) is 2.43. The van der Waals surface area contributed by atoms with Crippen LogP contribution in [-0.2, 0) is 9.63 Å². The summed E-state index contributed by atoms with van der Waals surface area (Å²) in [6.45, 7) is 1.74. The van der Waals surface area contributed by atoms with Gasteiger partial charge in [-0.3, -0.25) is 9.63 Å². The Kier molecular flexibility index (Phi) is 1.19. The van der Waals surface area contributed by atoms with Crippen molar-refractivity contribution in [3.8, 4) is 0 Å². The zero-order chi connectivity index (χ0) is 6.15. The molecule has 0 aromatic heterocycles. The fraction of sp³-hybridized carbons (Fsp3) is 0.750. The number of hydrogen-bond donors (Lipinski definition) is 2. The van der Waals surface area contributed by atoms with Crippen LogP contribution in [0.25, 0.3) is 0 Å². The highest BCUT2D eigenvalue weighted by molar-refractivity contribution is 5.82. The molecule has 1 aliphatic rings. The van der Waals surface area contributed by atoms with E-state index in [9.17, 15) is 4.79 Å². The smallest absolute Gasteiger partial charge is 0.263 e. The molecule has 1 fully saturated rings. The molecule has 1 saturated heterocycles. The molecule has 2 atom stereocenters. The van der Waals surface area contributed by atoms with Crippen molar-refractivity contribution in [3.63, 3.8) is 0 Å². The summed E-state index contributed by atoms with van der Waals surface area (Å²) in [6, 6.07) is -0.491. The van der Waals surface area contributed by atoms with E-state index in [0.29, 0.717) is 0 Å². The van der Waals surface area contributed by atoms with E-state index in [1.54, 1.807) is 6.92 Å². The fourth-order valence-corrected chi connectivity index (χ4v) is 0.506. The number of hydroxylamine groups is 1. The molecule has 8 heavy (non-hydrogen) atoms. The van der Waals surface area contributed by atoms with E-state index < -0.39 is 6.04 Å². The predicted octanol–water partition coefficient (Wildman–Crippen LogP) is -1.24. The molecule has 0 bridgehead atoms. The lowest BCUT2D eigenvalue weighted by Crippen LogP contribution is -2.35. The summed E-state index contributed by atoms with van der Waals surface area (Å²) in [4.78, 5) is 15.1. The van der Waals surface area contributed by atoms with E-state index in [0.717, 1.165) is 0 Å². The van der Waals surface area contributed by atoms with Crippen LogP contribution >= 0.6 is 0 Å². The number of nitrogens with two attached hydrogens (primary N) is 1. The largest absolute Gasteiger partial charge is 0.318 e. The van der Waals surface area contributed by atoms with Gasteiger partial charge in [-0.25, -0.2) is 5.48 Å². The molecule has 0 saturated carbocycles. The van der Waals surface area contributed by atoms with Gasteiger partial charge in [-0.1, -0.05) is 0 Å². The van der Waals surface area contributed by atoms with E-state index in [1.165, 1.54) is 0 Å². The van der Waals surface area contributed by atoms with E-state index in [-0.39, 0.29) is 12.0 Å². The molecule has 1 aliphatic heterocycles. The Morgan fingerprint density at radius 3 is 2.62 bits per heavy atom. The second-order valence-electron chi connectivity index (χ2n) is 1.82. The summed E-state index contributed by atoms with van der Waals surface area (Å²) < 4.78 is 0. The van der Waals surface area contributed by atoms with Gasteiger partial charge in [0.15, 0.2) is 0 Å². The first-order valence-corrected chi connectivity index (χ1v) is 2.43. The molecular weight excluding hydrogens is 108 g/mol. The normalized spacial score (nSPS) is 37.5. The van der Waals surface area contributed by atoms with Gasteiger partial charge in [0.1, 0.15) is 12.1 Å². The second kappa shape index (κ2) is 1.72. The van der Waals surface area contributed by atoms with Crippen molar-refractivity contribution >= 4 is 5.91 Å². The van der Waals surface area contributed by atoms with Crippen molar-refractivity contribution in [2.24, 2.45) is 5.73 Å². The van der Waals surface area contributed by atoms with E-state index in [2.05, 4.69) is 10.3 Å². The minimum atomic E-state index is -0.491. The topological polar surface area (TPSA) is 64.3 Å². The highest BCUT2D eigenvalue weighted by Crippen LogP contribution is 2.00. The Morgan fingerprint density at radius 1 is 1.88 bits per heavy atom. The Balaban J connectivity index is 2.56. The van der Waals surface area contributed by atoms with Crippen molar-refractivity contribution in [2.75, 3.05) is 0 Å². The number of carbonyl (C=O) groups excluding carboxylic acids is 1. The average molecular weight is 116 g/mol. The highest BCUT2D eigenvalue weighted by atomic mass is 16.7. The standard InChI is InChI=1S/C4H8N2O2/c1-2-3(5)4(7)6-8-2/h2-3H,5H2,1H3,(H,6,7). The van der Waals surface area contributed by atoms with Crippen molar-refractivity contribution in [3.05, 3.63) is 0 Å². The number of carbonyl (C=O) groups is 1. The van der Waals surface area contributed by atoms with Gasteiger partial charge in [-0.05, 0) is 6.92 Å². The van der Waals surface area contributed by atoms with Gasteiger partial charge in [0.25, 0.3) is 5.91 Å². The lowest BCUT2D eigenvalue weighted by atomic mass is 10.2. The molecule has 0 aliphatic carbocycles. The Labute approximate surface area is 46.9 Å². The molecule has 0 spiro atoms. The first-order chi connectivity index (χ1) is 3.72. The third kappa shape index (κ3) is 0.677. The molecule has 46 valence electrons. The van der Waals surface area contributed by atoms with Gasteiger partial charge >= 0.3 is 0 Å². The van der Waals surface area contributed by atoms with E-state index in [4.69, 9.17) is 5.73 Å². The average Bonchev–Trinajstić information content (AvgIpc) is 1.98. The molecule has 2 unspecified atom stereocenters. The zero-order valence-corrected chi connectivity index (χ0v) is 4.55. The zero-order valence-electron chi connectivity index (χ0n) is 4.55. The Hall–Kier alpha value is -0.610. The highest BCUT2D eigenvalue weighted by Gasteiger charge is 2.28. The van der Waals surface area contributed by atoms with E-state index >= 15 is 0 Å². The molecular formula is C4H8N2O2. The number of amides is 1. The fourth-order valence-electron chi connectivity index (χ4n) is 0.506. The molecule has 4 heteroatoms. The molecule has 3 N–H and O–H groups in total. The van der Waals surface area contributed by atoms with Crippen LogP contribution in [0.15, 0.2) is 0 Å². The van der Waals surface area contributed by atoms with Crippen LogP contribution in [0.2, 0.25) is 0 Å². The maximum Gasteiger partial charge on any atom is 0.263 e. The molecule has 1 heterocycles. The first kappa shape index (κ1) is 5.53. The van der Waals surface area contributed by atoms with Crippen molar-refractivity contribution in [1.82, 2.24) is 5.48 Å². The van der Waals surface area contributed by atoms with Crippen LogP contribution in [-0.4, -0.2) is 18.1 Å². The van der Waals surface area contributed by atoms with Crippen LogP contribution in [0.3, 0.4) is 0 Å². The van der Waals surface area contributed by atoms with Crippen molar-refractivity contribution in [2.45, 2.75) is 19.1 Å². The SMILES string of the molecule is CC1ONC(=O)C1N.